The first-order valence-electron chi connectivity index (χ1n) is 21.2. The molecule has 3 aromatic heterocycles. The van der Waals surface area contributed by atoms with Gasteiger partial charge in [0, 0.05) is 65.0 Å². The van der Waals surface area contributed by atoms with E-state index in [2.05, 4.69) is 156 Å². The van der Waals surface area contributed by atoms with Crippen molar-refractivity contribution in [2.24, 2.45) is 4.99 Å². The molecule has 11 rings (SSSR count). The van der Waals surface area contributed by atoms with Gasteiger partial charge in [-0.25, -0.2) is 4.99 Å². The molecular formula is C58H41N3OS. The van der Waals surface area contributed by atoms with Gasteiger partial charge in [-0.15, -0.1) is 11.3 Å². The van der Waals surface area contributed by atoms with Crippen LogP contribution in [0.3, 0.4) is 0 Å². The Morgan fingerprint density at radius 2 is 1.17 bits per heavy atom. The molecule has 0 spiro atoms. The largest absolute Gasteiger partial charge is 0.456 e. The van der Waals surface area contributed by atoms with E-state index in [0.717, 1.165) is 66.8 Å². The minimum atomic E-state index is 0.200. The van der Waals surface area contributed by atoms with E-state index in [0.29, 0.717) is 6.42 Å². The summed E-state index contributed by atoms with van der Waals surface area (Å²) in [5.74, 6) is 0.200. The number of furan rings is 1. The van der Waals surface area contributed by atoms with Crippen molar-refractivity contribution in [2.45, 2.75) is 13.3 Å². The van der Waals surface area contributed by atoms with E-state index in [9.17, 15) is 5.41 Å². The summed E-state index contributed by atoms with van der Waals surface area (Å²) in [5, 5.41) is 16.8. The van der Waals surface area contributed by atoms with Crippen molar-refractivity contribution in [3.05, 3.63) is 234 Å². The van der Waals surface area contributed by atoms with Crippen LogP contribution in [0.4, 0.5) is 0 Å². The molecule has 3 heterocycles. The van der Waals surface area contributed by atoms with Crippen LogP contribution < -0.4 is 0 Å². The molecule has 0 fully saturated rings. The first-order chi connectivity index (χ1) is 31.1. The van der Waals surface area contributed by atoms with Crippen molar-refractivity contribution in [1.29, 1.82) is 5.41 Å². The molecule has 0 radical (unpaired) electrons. The fourth-order valence-electron chi connectivity index (χ4n) is 8.92. The Kier molecular flexibility index (Phi) is 9.80. The summed E-state index contributed by atoms with van der Waals surface area (Å²) >= 11 is 1.86. The highest BCUT2D eigenvalue weighted by Gasteiger charge is 2.23. The van der Waals surface area contributed by atoms with Crippen LogP contribution in [0, 0.1) is 5.41 Å². The van der Waals surface area contributed by atoms with E-state index in [4.69, 9.17) is 9.41 Å². The van der Waals surface area contributed by atoms with Crippen molar-refractivity contribution in [3.63, 3.8) is 0 Å². The Morgan fingerprint density at radius 3 is 1.92 bits per heavy atom. The van der Waals surface area contributed by atoms with Crippen LogP contribution >= 0.6 is 11.3 Å². The molecule has 300 valence electrons. The quantitative estimate of drug-likeness (QED) is 0.0879. The number of nitrogens with zero attached hydrogens (tertiary/aromatic N) is 2. The summed E-state index contributed by atoms with van der Waals surface area (Å²) in [7, 11) is 0. The van der Waals surface area contributed by atoms with Crippen LogP contribution in [-0.4, -0.2) is 16.1 Å². The normalized spacial score (nSPS) is 13.0. The molecule has 5 heteroatoms. The second kappa shape index (κ2) is 16.2. The molecule has 8 aromatic carbocycles. The Balaban J connectivity index is 1.16. The number of para-hydroxylation sites is 2. The van der Waals surface area contributed by atoms with Crippen molar-refractivity contribution in [2.75, 3.05) is 0 Å². The number of benzene rings is 8. The van der Waals surface area contributed by atoms with E-state index in [-0.39, 0.29) is 5.84 Å². The number of hydrogen-bond donors (Lipinski definition) is 1. The average molecular weight is 828 g/mol. The summed E-state index contributed by atoms with van der Waals surface area (Å²) in [4.78, 5) is 5.02. The van der Waals surface area contributed by atoms with Crippen molar-refractivity contribution < 1.29 is 4.42 Å². The Labute approximate surface area is 369 Å². The minimum absolute atomic E-state index is 0.200. The molecule has 0 aliphatic heterocycles. The Bertz CT molecular complexity index is 3640. The molecule has 11 aromatic rings. The first-order valence-corrected chi connectivity index (χ1v) is 22.1. The molecule has 0 bridgehead atoms. The first kappa shape index (κ1) is 38.1. The van der Waals surface area contributed by atoms with Gasteiger partial charge in [0.1, 0.15) is 17.0 Å². The van der Waals surface area contributed by atoms with Crippen LogP contribution in [0.2, 0.25) is 0 Å². The Morgan fingerprint density at radius 1 is 0.571 bits per heavy atom. The standard InChI is InChI=1S/C58H41N3OS/c1-38(58(59)60-48(42-24-12-5-13-25-42)33-30-39-18-6-2-7-19-39)36-47(41-22-10-4-11-23-41)51(37-40-20-8-3-9-21-40)61-49-28-16-14-26-45(49)54-50(61)34-31-43-44-32-35-53-55(57(44)63-56(43)54)46-27-15-17-29-52(46)62-53/h2-36,59H,37H2,1H3/b33-30+,38-36+,51-47-,59-58?,60-48?. The van der Waals surface area contributed by atoms with Crippen LogP contribution in [0.15, 0.2) is 221 Å². The van der Waals surface area contributed by atoms with Gasteiger partial charge in [0.15, 0.2) is 0 Å². The maximum absolute atomic E-state index is 9.53. The van der Waals surface area contributed by atoms with Crippen LogP contribution in [-0.2, 0) is 6.42 Å². The smallest absolute Gasteiger partial charge is 0.148 e. The highest BCUT2D eigenvalue weighted by molar-refractivity contribution is 7.27. The maximum atomic E-state index is 9.53. The van der Waals surface area contributed by atoms with Crippen molar-refractivity contribution in [3.8, 4) is 0 Å². The molecule has 0 aliphatic rings. The zero-order valence-electron chi connectivity index (χ0n) is 34.6. The molecule has 63 heavy (non-hydrogen) atoms. The lowest BCUT2D eigenvalue weighted by atomic mass is 9.96. The molecule has 0 unspecified atom stereocenters. The van der Waals surface area contributed by atoms with Crippen molar-refractivity contribution >= 4 is 104 Å². The zero-order chi connectivity index (χ0) is 42.3. The number of aliphatic imine (C=N–C) groups is 1. The van der Waals surface area contributed by atoms with Gasteiger partial charge >= 0.3 is 0 Å². The number of rotatable bonds is 9. The van der Waals surface area contributed by atoms with E-state index in [1.165, 1.54) is 41.9 Å². The third kappa shape index (κ3) is 6.99. The second-order valence-corrected chi connectivity index (χ2v) is 16.9. The van der Waals surface area contributed by atoms with Crippen molar-refractivity contribution in [1.82, 2.24) is 4.57 Å². The molecule has 1 N–H and O–H groups in total. The number of amidine groups is 1. The predicted molar refractivity (Wildman–Crippen MR) is 269 cm³/mol. The average Bonchev–Trinajstić information content (AvgIpc) is 4.02. The van der Waals surface area contributed by atoms with E-state index in [1.54, 1.807) is 0 Å². The third-order valence-corrected chi connectivity index (χ3v) is 13.2. The molecule has 0 aliphatic carbocycles. The van der Waals surface area contributed by atoms with Gasteiger partial charge in [-0.05, 0) is 71.7 Å². The fraction of sp³-hybridized carbons (Fsp3) is 0.0345. The summed E-state index contributed by atoms with van der Waals surface area (Å²) in [6.45, 7) is 2.01. The SMILES string of the molecule is C/C(=C\C(=C(/Cc1ccccc1)n1c2ccccc2c2c3sc4c(ccc5oc6ccccc6c54)c3ccc21)c1ccccc1)C(=N)N=C(/C=C/c1ccccc1)c1ccccc1. The van der Waals surface area contributed by atoms with Gasteiger partial charge in [-0.1, -0.05) is 170 Å². The summed E-state index contributed by atoms with van der Waals surface area (Å²) < 4.78 is 11.3. The number of aromatic nitrogens is 1. The van der Waals surface area contributed by atoms with Gasteiger partial charge in [0.2, 0.25) is 0 Å². The molecule has 0 atom stereocenters. The maximum Gasteiger partial charge on any atom is 0.148 e. The lowest BCUT2D eigenvalue weighted by molar-refractivity contribution is 0.669. The molecule has 4 nitrogen and oxygen atoms in total. The predicted octanol–water partition coefficient (Wildman–Crippen LogP) is 15.8. The van der Waals surface area contributed by atoms with Crippen LogP contribution in [0.25, 0.3) is 81.3 Å². The van der Waals surface area contributed by atoms with Crippen LogP contribution in [0.1, 0.15) is 29.2 Å². The minimum Gasteiger partial charge on any atom is -0.456 e. The summed E-state index contributed by atoms with van der Waals surface area (Å²) in [6, 6.07) is 67.8. The number of hydrogen-bond acceptors (Lipinski definition) is 3. The molecule has 0 saturated carbocycles. The van der Waals surface area contributed by atoms with Crippen LogP contribution in [0.5, 0.6) is 0 Å². The molecule has 0 amide bonds. The van der Waals surface area contributed by atoms with E-state index < -0.39 is 0 Å². The van der Waals surface area contributed by atoms with Gasteiger partial charge in [0.05, 0.1) is 16.7 Å². The van der Waals surface area contributed by atoms with E-state index in [1.807, 2.05) is 78.9 Å². The van der Waals surface area contributed by atoms with Gasteiger partial charge in [-0.2, -0.15) is 0 Å². The highest BCUT2D eigenvalue weighted by Crippen LogP contribution is 2.47. The number of allylic oxidation sites excluding steroid dienone is 4. The number of nitrogens with one attached hydrogen (secondary N) is 1. The molecule has 0 saturated heterocycles. The number of thiophene rings is 1. The second-order valence-electron chi connectivity index (χ2n) is 15.9. The number of fused-ring (bicyclic) bond motifs is 11. The Hall–Kier alpha value is -7.86. The summed E-state index contributed by atoms with van der Waals surface area (Å²) in [6.07, 6.45) is 6.89. The topological polar surface area (TPSA) is 54.3 Å². The van der Waals surface area contributed by atoms with E-state index >= 15 is 0 Å². The summed E-state index contributed by atoms with van der Waals surface area (Å²) in [5.41, 5.74) is 12.0. The molecular weight excluding hydrogens is 787 g/mol. The van der Waals surface area contributed by atoms with Gasteiger partial charge < -0.3 is 8.98 Å². The highest BCUT2D eigenvalue weighted by atomic mass is 32.1. The zero-order valence-corrected chi connectivity index (χ0v) is 35.4. The van der Waals surface area contributed by atoms with Gasteiger partial charge in [-0.3, -0.25) is 5.41 Å². The monoisotopic (exact) mass is 827 g/mol. The third-order valence-electron chi connectivity index (χ3n) is 11.9. The lowest BCUT2D eigenvalue weighted by Gasteiger charge is -2.19. The lowest BCUT2D eigenvalue weighted by Crippen LogP contribution is -2.06. The van der Waals surface area contributed by atoms with Gasteiger partial charge in [0.25, 0.3) is 0 Å². The fourth-order valence-corrected chi connectivity index (χ4v) is 10.3.